The minimum absolute atomic E-state index is 0.103. The summed E-state index contributed by atoms with van der Waals surface area (Å²) in [7, 11) is 0. The van der Waals surface area contributed by atoms with Gasteiger partial charge in [-0.05, 0) is 30.5 Å². The summed E-state index contributed by atoms with van der Waals surface area (Å²) in [5, 5.41) is 15.3. The van der Waals surface area contributed by atoms with Crippen LogP contribution in [0.4, 0.5) is 5.69 Å². The first-order valence-corrected chi connectivity index (χ1v) is 7.39. The summed E-state index contributed by atoms with van der Waals surface area (Å²) in [4.78, 5) is 10.7. The Morgan fingerprint density at radius 3 is 2.17 bits per heavy atom. The molecule has 0 aliphatic heterocycles. The molecule has 5 heteroatoms. The van der Waals surface area contributed by atoms with E-state index in [4.69, 9.17) is 0 Å². The lowest BCUT2D eigenvalue weighted by Crippen LogP contribution is -2.04. The molecule has 0 N–H and O–H groups in total. The van der Waals surface area contributed by atoms with Crippen molar-refractivity contribution in [1.29, 1.82) is 0 Å². The highest BCUT2D eigenvalue weighted by Crippen LogP contribution is 2.23. The number of nitro groups is 1. The Labute approximate surface area is 134 Å². The van der Waals surface area contributed by atoms with Gasteiger partial charge in [0.2, 0.25) is 0 Å². The number of aromatic nitrogens is 2. The largest absolute Gasteiger partial charge is 0.312 e. The molecule has 0 aliphatic rings. The SMILES string of the molecule is Cc1nn(Cc2ccc(-c3ccccc3)cc2)c(C)c1[N+](=O)[O-]. The van der Waals surface area contributed by atoms with E-state index < -0.39 is 0 Å². The first kappa shape index (κ1) is 15.0. The number of nitrogens with zero attached hydrogens (tertiary/aromatic N) is 3. The smallest absolute Gasteiger partial charge is 0.258 e. The van der Waals surface area contributed by atoms with Crippen molar-refractivity contribution in [2.45, 2.75) is 20.4 Å². The van der Waals surface area contributed by atoms with E-state index in [-0.39, 0.29) is 10.6 Å². The van der Waals surface area contributed by atoms with Crippen LogP contribution in [0, 0.1) is 24.0 Å². The summed E-state index contributed by atoms with van der Waals surface area (Å²) in [6.07, 6.45) is 0. The first-order valence-electron chi connectivity index (χ1n) is 7.39. The van der Waals surface area contributed by atoms with Gasteiger partial charge in [-0.15, -0.1) is 0 Å². The molecule has 0 amide bonds. The molecule has 3 rings (SSSR count). The van der Waals surface area contributed by atoms with Crippen LogP contribution in [-0.2, 0) is 6.54 Å². The van der Waals surface area contributed by atoms with Crippen LogP contribution in [0.25, 0.3) is 11.1 Å². The fourth-order valence-corrected chi connectivity index (χ4v) is 2.71. The molecule has 0 fully saturated rings. The van der Waals surface area contributed by atoms with E-state index in [1.54, 1.807) is 18.5 Å². The Balaban J connectivity index is 1.85. The topological polar surface area (TPSA) is 61.0 Å². The summed E-state index contributed by atoms with van der Waals surface area (Å²) in [6.45, 7) is 3.92. The van der Waals surface area contributed by atoms with Gasteiger partial charge in [0.15, 0.2) is 0 Å². The van der Waals surface area contributed by atoms with Gasteiger partial charge in [0.05, 0.1) is 11.5 Å². The second-order valence-electron chi connectivity index (χ2n) is 5.50. The Bertz CT molecular complexity index is 837. The van der Waals surface area contributed by atoms with Gasteiger partial charge in [0.1, 0.15) is 11.4 Å². The summed E-state index contributed by atoms with van der Waals surface area (Å²) in [6, 6.07) is 18.3. The third kappa shape index (κ3) is 2.99. The van der Waals surface area contributed by atoms with Gasteiger partial charge in [-0.25, -0.2) is 0 Å². The standard InChI is InChI=1S/C18H17N3O2/c1-13-18(21(22)23)14(2)20(19-13)12-15-8-10-17(11-9-15)16-6-4-3-5-7-16/h3-11H,12H2,1-2H3. The molecule has 0 radical (unpaired) electrons. The van der Waals surface area contributed by atoms with Gasteiger partial charge in [-0.2, -0.15) is 5.10 Å². The number of rotatable bonds is 4. The third-order valence-corrected chi connectivity index (χ3v) is 3.92. The number of aryl methyl sites for hydroxylation is 1. The fourth-order valence-electron chi connectivity index (χ4n) is 2.71. The molecule has 0 spiro atoms. The first-order chi connectivity index (χ1) is 11.1. The molecule has 0 saturated carbocycles. The molecule has 0 aliphatic carbocycles. The zero-order chi connectivity index (χ0) is 16.4. The quantitative estimate of drug-likeness (QED) is 0.538. The third-order valence-electron chi connectivity index (χ3n) is 3.92. The van der Waals surface area contributed by atoms with Crippen molar-refractivity contribution < 1.29 is 4.92 Å². The molecular weight excluding hydrogens is 290 g/mol. The molecule has 23 heavy (non-hydrogen) atoms. The van der Waals surface area contributed by atoms with Crippen molar-refractivity contribution in [3.63, 3.8) is 0 Å². The van der Waals surface area contributed by atoms with Crippen molar-refractivity contribution in [1.82, 2.24) is 9.78 Å². The van der Waals surface area contributed by atoms with E-state index in [0.717, 1.165) is 11.1 Å². The Morgan fingerprint density at radius 1 is 1.00 bits per heavy atom. The highest BCUT2D eigenvalue weighted by atomic mass is 16.6. The number of hydrogen-bond acceptors (Lipinski definition) is 3. The predicted octanol–water partition coefficient (Wildman–Crippen LogP) is 4.12. The highest BCUT2D eigenvalue weighted by Gasteiger charge is 2.21. The predicted molar refractivity (Wildman–Crippen MR) is 89.3 cm³/mol. The molecule has 3 aromatic rings. The molecule has 1 heterocycles. The van der Waals surface area contributed by atoms with E-state index >= 15 is 0 Å². The normalized spacial score (nSPS) is 10.7. The van der Waals surface area contributed by atoms with Gasteiger partial charge >= 0.3 is 5.69 Å². The number of benzene rings is 2. The van der Waals surface area contributed by atoms with Crippen molar-refractivity contribution >= 4 is 5.69 Å². The molecule has 116 valence electrons. The van der Waals surface area contributed by atoms with E-state index in [2.05, 4.69) is 29.4 Å². The molecule has 0 bridgehead atoms. The lowest BCUT2D eigenvalue weighted by Gasteiger charge is -2.06. The molecule has 0 saturated heterocycles. The molecule has 1 aromatic heterocycles. The second-order valence-corrected chi connectivity index (χ2v) is 5.50. The zero-order valence-electron chi connectivity index (χ0n) is 13.1. The van der Waals surface area contributed by atoms with Gasteiger partial charge in [-0.3, -0.25) is 14.8 Å². The lowest BCUT2D eigenvalue weighted by molar-refractivity contribution is -0.386. The molecule has 0 unspecified atom stereocenters. The maximum Gasteiger partial charge on any atom is 0.312 e. The molecule has 5 nitrogen and oxygen atoms in total. The fraction of sp³-hybridized carbons (Fsp3) is 0.167. The van der Waals surface area contributed by atoms with E-state index in [1.165, 1.54) is 5.56 Å². The van der Waals surface area contributed by atoms with Crippen LogP contribution in [0.3, 0.4) is 0 Å². The van der Waals surface area contributed by atoms with Crippen molar-refractivity contribution in [3.05, 3.63) is 81.7 Å². The Hall–Kier alpha value is -2.95. The molecule has 0 atom stereocenters. The maximum absolute atomic E-state index is 11.1. The van der Waals surface area contributed by atoms with Gasteiger partial charge in [-0.1, -0.05) is 54.6 Å². The van der Waals surface area contributed by atoms with Crippen LogP contribution in [0.15, 0.2) is 54.6 Å². The summed E-state index contributed by atoms with van der Waals surface area (Å²) < 4.78 is 1.69. The van der Waals surface area contributed by atoms with Crippen LogP contribution in [0.5, 0.6) is 0 Å². The second kappa shape index (κ2) is 6.04. The van der Waals surface area contributed by atoms with Gasteiger partial charge in [0, 0.05) is 0 Å². The minimum atomic E-state index is -0.368. The van der Waals surface area contributed by atoms with Crippen molar-refractivity contribution in [3.8, 4) is 11.1 Å². The lowest BCUT2D eigenvalue weighted by atomic mass is 10.0. The van der Waals surface area contributed by atoms with Gasteiger partial charge < -0.3 is 0 Å². The Kier molecular flexibility index (Phi) is 3.93. The van der Waals surface area contributed by atoms with Crippen molar-refractivity contribution in [2.24, 2.45) is 0 Å². The summed E-state index contributed by atoms with van der Waals surface area (Å²) >= 11 is 0. The average Bonchev–Trinajstić information content (AvgIpc) is 2.83. The summed E-state index contributed by atoms with van der Waals surface area (Å²) in [5.74, 6) is 0. The Morgan fingerprint density at radius 2 is 1.61 bits per heavy atom. The van der Waals surface area contributed by atoms with Crippen LogP contribution in [0.2, 0.25) is 0 Å². The van der Waals surface area contributed by atoms with Gasteiger partial charge in [0.25, 0.3) is 0 Å². The zero-order valence-corrected chi connectivity index (χ0v) is 13.1. The van der Waals surface area contributed by atoms with Crippen LogP contribution in [-0.4, -0.2) is 14.7 Å². The van der Waals surface area contributed by atoms with E-state index in [0.29, 0.717) is 17.9 Å². The average molecular weight is 307 g/mol. The van der Waals surface area contributed by atoms with Crippen LogP contribution >= 0.6 is 0 Å². The minimum Gasteiger partial charge on any atom is -0.258 e. The highest BCUT2D eigenvalue weighted by molar-refractivity contribution is 5.63. The molecular formula is C18H17N3O2. The maximum atomic E-state index is 11.1. The monoisotopic (exact) mass is 307 g/mol. The molecule has 2 aromatic carbocycles. The van der Waals surface area contributed by atoms with Crippen LogP contribution in [0.1, 0.15) is 17.0 Å². The number of hydrogen-bond donors (Lipinski definition) is 0. The van der Waals surface area contributed by atoms with Crippen LogP contribution < -0.4 is 0 Å². The van der Waals surface area contributed by atoms with Crippen molar-refractivity contribution in [2.75, 3.05) is 0 Å². The summed E-state index contributed by atoms with van der Waals surface area (Å²) in [5.41, 5.74) is 4.51. The van der Waals surface area contributed by atoms with E-state index in [9.17, 15) is 10.1 Å². The van der Waals surface area contributed by atoms with E-state index in [1.807, 2.05) is 30.3 Å².